The van der Waals surface area contributed by atoms with E-state index in [1.807, 2.05) is 68.4 Å². The van der Waals surface area contributed by atoms with Crippen LogP contribution in [0, 0.1) is 6.92 Å². The van der Waals surface area contributed by atoms with Crippen molar-refractivity contribution in [2.45, 2.75) is 26.0 Å². The zero-order valence-electron chi connectivity index (χ0n) is 17.6. The maximum Gasteiger partial charge on any atom is 0.191 e. The van der Waals surface area contributed by atoms with Gasteiger partial charge in [-0.1, -0.05) is 48.0 Å². The minimum absolute atomic E-state index is 0. The number of aliphatic imine (C=N–C) groups is 1. The average molecular weight is 545 g/mol. The number of aryl methyl sites for hydroxylation is 1. The monoisotopic (exact) mass is 545 g/mol. The number of ether oxygens (including phenoxy) is 1. The van der Waals surface area contributed by atoms with Crippen molar-refractivity contribution < 1.29 is 13.2 Å². The molecule has 2 aromatic rings. The second-order valence-corrected chi connectivity index (χ2v) is 8.96. The van der Waals surface area contributed by atoms with E-state index < -0.39 is 9.84 Å². The van der Waals surface area contributed by atoms with Crippen molar-refractivity contribution >= 4 is 39.8 Å². The summed E-state index contributed by atoms with van der Waals surface area (Å²) in [6, 6.07) is 17.2. The average Bonchev–Trinajstić information content (AvgIpc) is 2.70. The van der Waals surface area contributed by atoms with Gasteiger partial charge in [-0.25, -0.2) is 8.42 Å². The molecular weight excluding hydrogens is 513 g/mol. The third-order valence-electron chi connectivity index (χ3n) is 4.14. The molecule has 0 saturated heterocycles. The van der Waals surface area contributed by atoms with Crippen molar-refractivity contribution in [1.29, 1.82) is 0 Å². The molecule has 0 atom stereocenters. The first-order chi connectivity index (χ1) is 14.0. The van der Waals surface area contributed by atoms with E-state index in [0.29, 0.717) is 32.1 Å². The summed E-state index contributed by atoms with van der Waals surface area (Å²) in [4.78, 5) is 4.45. The number of guanidine groups is 1. The molecule has 6 nitrogen and oxygen atoms in total. The van der Waals surface area contributed by atoms with Crippen LogP contribution in [0.4, 0.5) is 0 Å². The van der Waals surface area contributed by atoms with Crippen LogP contribution in [0.3, 0.4) is 0 Å². The molecule has 0 aliphatic carbocycles. The maximum atomic E-state index is 12.2. The van der Waals surface area contributed by atoms with Crippen LogP contribution in [-0.2, 0) is 15.6 Å². The SMILES string of the molecule is CCNC(=NCCCS(=O)(=O)Cc1ccccc1)NCCOc1ccc(C)cc1.I. The van der Waals surface area contributed by atoms with Crippen LogP contribution in [0.1, 0.15) is 24.5 Å². The summed E-state index contributed by atoms with van der Waals surface area (Å²) in [5.41, 5.74) is 2.02. The van der Waals surface area contributed by atoms with Crippen molar-refractivity contribution in [3.63, 3.8) is 0 Å². The normalized spacial score (nSPS) is 11.5. The Morgan fingerprint density at radius 1 is 1.03 bits per heavy atom. The van der Waals surface area contributed by atoms with Gasteiger partial charge in [0, 0.05) is 13.1 Å². The molecule has 2 aromatic carbocycles. The van der Waals surface area contributed by atoms with Gasteiger partial charge in [-0.3, -0.25) is 4.99 Å². The van der Waals surface area contributed by atoms with Crippen LogP contribution >= 0.6 is 24.0 Å². The molecule has 0 aromatic heterocycles. The molecule has 0 fully saturated rings. The molecule has 2 rings (SSSR count). The lowest BCUT2D eigenvalue weighted by molar-refractivity contribution is 0.322. The second kappa shape index (κ2) is 14.2. The van der Waals surface area contributed by atoms with Crippen LogP contribution < -0.4 is 15.4 Å². The van der Waals surface area contributed by atoms with Crippen molar-refractivity contribution in [3.05, 3.63) is 65.7 Å². The Hall–Kier alpha value is -1.81. The molecule has 0 spiro atoms. The predicted molar refractivity (Wildman–Crippen MR) is 135 cm³/mol. The van der Waals surface area contributed by atoms with Gasteiger partial charge >= 0.3 is 0 Å². The quantitative estimate of drug-likeness (QED) is 0.196. The molecule has 8 heteroatoms. The van der Waals surface area contributed by atoms with Gasteiger partial charge in [-0.2, -0.15) is 0 Å². The van der Waals surface area contributed by atoms with E-state index >= 15 is 0 Å². The largest absolute Gasteiger partial charge is 0.492 e. The zero-order valence-corrected chi connectivity index (χ0v) is 20.8. The lowest BCUT2D eigenvalue weighted by atomic mass is 10.2. The van der Waals surface area contributed by atoms with Gasteiger partial charge in [0.05, 0.1) is 18.1 Å². The fourth-order valence-corrected chi connectivity index (χ4v) is 4.10. The van der Waals surface area contributed by atoms with E-state index in [0.717, 1.165) is 17.9 Å². The van der Waals surface area contributed by atoms with E-state index in [2.05, 4.69) is 15.6 Å². The van der Waals surface area contributed by atoms with Crippen LogP contribution in [0.2, 0.25) is 0 Å². The molecule has 30 heavy (non-hydrogen) atoms. The van der Waals surface area contributed by atoms with E-state index in [4.69, 9.17) is 4.74 Å². The molecule has 0 amide bonds. The van der Waals surface area contributed by atoms with Crippen LogP contribution in [0.15, 0.2) is 59.6 Å². The minimum Gasteiger partial charge on any atom is -0.492 e. The highest BCUT2D eigenvalue weighted by Crippen LogP contribution is 2.10. The molecule has 2 N–H and O–H groups in total. The lowest BCUT2D eigenvalue weighted by Crippen LogP contribution is -2.39. The van der Waals surface area contributed by atoms with Crippen LogP contribution in [0.25, 0.3) is 0 Å². The van der Waals surface area contributed by atoms with Gasteiger partial charge in [0.15, 0.2) is 15.8 Å². The second-order valence-electron chi connectivity index (χ2n) is 6.78. The van der Waals surface area contributed by atoms with Gasteiger partial charge < -0.3 is 15.4 Å². The predicted octanol–water partition coefficient (Wildman–Crippen LogP) is 3.55. The fourth-order valence-electron chi connectivity index (χ4n) is 2.69. The van der Waals surface area contributed by atoms with Gasteiger partial charge in [0.25, 0.3) is 0 Å². The van der Waals surface area contributed by atoms with Gasteiger partial charge in [-0.15, -0.1) is 24.0 Å². The van der Waals surface area contributed by atoms with Gasteiger partial charge in [0.1, 0.15) is 12.4 Å². The number of nitrogens with one attached hydrogen (secondary N) is 2. The third kappa shape index (κ3) is 10.8. The summed E-state index contributed by atoms with van der Waals surface area (Å²) in [6.45, 7) is 6.33. The number of rotatable bonds is 11. The molecular formula is C22H32IN3O3S. The van der Waals surface area contributed by atoms with Crippen molar-refractivity contribution in [3.8, 4) is 5.75 Å². The molecule has 0 aliphatic rings. The summed E-state index contributed by atoms with van der Waals surface area (Å²) in [5, 5.41) is 6.36. The molecule has 0 radical (unpaired) electrons. The molecule has 0 bridgehead atoms. The van der Waals surface area contributed by atoms with Crippen LogP contribution in [0.5, 0.6) is 5.75 Å². The summed E-state index contributed by atoms with van der Waals surface area (Å²) < 4.78 is 30.2. The lowest BCUT2D eigenvalue weighted by Gasteiger charge is -2.12. The number of sulfone groups is 1. The first-order valence-corrected chi connectivity index (χ1v) is 11.8. The van der Waals surface area contributed by atoms with Crippen LogP contribution in [-0.4, -0.2) is 46.4 Å². The highest BCUT2D eigenvalue weighted by Gasteiger charge is 2.11. The summed E-state index contributed by atoms with van der Waals surface area (Å²) in [6.07, 6.45) is 0.492. The number of hydrogen-bond acceptors (Lipinski definition) is 4. The summed E-state index contributed by atoms with van der Waals surface area (Å²) >= 11 is 0. The summed E-state index contributed by atoms with van der Waals surface area (Å²) in [5.74, 6) is 1.71. The topological polar surface area (TPSA) is 79.8 Å². The Bertz CT molecular complexity index is 857. The van der Waals surface area contributed by atoms with E-state index in [-0.39, 0.29) is 35.5 Å². The van der Waals surface area contributed by atoms with Crippen molar-refractivity contribution in [2.75, 3.05) is 32.0 Å². The Labute approximate surface area is 197 Å². The smallest absolute Gasteiger partial charge is 0.191 e. The summed E-state index contributed by atoms with van der Waals surface area (Å²) in [7, 11) is -3.13. The highest BCUT2D eigenvalue weighted by atomic mass is 127. The zero-order chi connectivity index (χ0) is 21.0. The van der Waals surface area contributed by atoms with Gasteiger partial charge in [0.2, 0.25) is 0 Å². The Balaban J connectivity index is 0.00000450. The highest BCUT2D eigenvalue weighted by molar-refractivity contribution is 14.0. The third-order valence-corrected chi connectivity index (χ3v) is 5.83. The minimum atomic E-state index is -3.13. The number of halogens is 1. The van der Waals surface area contributed by atoms with E-state index in [1.54, 1.807) is 0 Å². The van der Waals surface area contributed by atoms with Crippen molar-refractivity contribution in [1.82, 2.24) is 10.6 Å². The molecule has 0 saturated carbocycles. The number of benzene rings is 2. The molecule has 0 unspecified atom stereocenters. The van der Waals surface area contributed by atoms with E-state index in [1.165, 1.54) is 5.56 Å². The van der Waals surface area contributed by atoms with Crippen molar-refractivity contribution in [2.24, 2.45) is 4.99 Å². The number of nitrogens with zero attached hydrogens (tertiary/aromatic N) is 1. The molecule has 166 valence electrons. The number of hydrogen-bond donors (Lipinski definition) is 2. The van der Waals surface area contributed by atoms with Gasteiger partial charge in [-0.05, 0) is 38.0 Å². The fraction of sp³-hybridized carbons (Fsp3) is 0.409. The standard InChI is InChI=1S/C22H31N3O3S.HI/c1-3-23-22(25-15-16-28-21-12-10-19(2)11-13-21)24-14-7-17-29(26,27)18-20-8-5-4-6-9-20;/h4-6,8-13H,3,7,14-18H2,1-2H3,(H2,23,24,25);1H. The Morgan fingerprint density at radius 3 is 2.40 bits per heavy atom. The maximum absolute atomic E-state index is 12.2. The Kier molecular flexibility index (Phi) is 12.4. The Morgan fingerprint density at radius 2 is 1.73 bits per heavy atom. The van der Waals surface area contributed by atoms with E-state index in [9.17, 15) is 8.42 Å². The first kappa shape index (κ1) is 26.2. The first-order valence-electron chi connectivity index (χ1n) is 9.94. The molecule has 0 aliphatic heterocycles. The molecule has 0 heterocycles.